The van der Waals surface area contributed by atoms with Gasteiger partial charge in [0.1, 0.15) is 10.8 Å². The zero-order chi connectivity index (χ0) is 14.8. The third-order valence-corrected chi connectivity index (χ3v) is 4.94. The number of benzene rings is 1. The zero-order valence-electron chi connectivity index (χ0n) is 10.6. The van der Waals surface area contributed by atoms with Crippen molar-refractivity contribution < 1.29 is 17.9 Å². The SMILES string of the molecule is Cc1csc(CNS(=O)(=O)c2ccc(F)c(CO)c2)n1. The molecule has 2 rings (SSSR count). The average molecular weight is 316 g/mol. The molecule has 1 aromatic carbocycles. The molecule has 20 heavy (non-hydrogen) atoms. The van der Waals surface area contributed by atoms with Crippen LogP contribution in [0.1, 0.15) is 16.3 Å². The van der Waals surface area contributed by atoms with Crippen LogP contribution >= 0.6 is 11.3 Å². The van der Waals surface area contributed by atoms with Gasteiger partial charge in [0.2, 0.25) is 10.0 Å². The Morgan fingerprint density at radius 3 is 2.80 bits per heavy atom. The molecule has 0 aliphatic carbocycles. The molecule has 0 saturated carbocycles. The Labute approximate surface area is 120 Å². The molecular formula is C12H13FN2O3S2. The average Bonchev–Trinajstić information content (AvgIpc) is 2.83. The summed E-state index contributed by atoms with van der Waals surface area (Å²) < 4.78 is 39.7. The van der Waals surface area contributed by atoms with Gasteiger partial charge in [0.15, 0.2) is 0 Å². The highest BCUT2D eigenvalue weighted by Gasteiger charge is 2.16. The van der Waals surface area contributed by atoms with Crippen LogP contribution in [-0.2, 0) is 23.2 Å². The van der Waals surface area contributed by atoms with E-state index in [9.17, 15) is 12.8 Å². The van der Waals surface area contributed by atoms with Gasteiger partial charge in [-0.25, -0.2) is 22.5 Å². The fourth-order valence-electron chi connectivity index (χ4n) is 1.56. The van der Waals surface area contributed by atoms with Crippen molar-refractivity contribution in [2.75, 3.05) is 0 Å². The maximum absolute atomic E-state index is 13.2. The topological polar surface area (TPSA) is 79.3 Å². The molecule has 0 fully saturated rings. The van der Waals surface area contributed by atoms with Crippen LogP contribution in [0.3, 0.4) is 0 Å². The van der Waals surface area contributed by atoms with Crippen molar-refractivity contribution in [3.05, 3.63) is 45.7 Å². The molecule has 0 spiro atoms. The lowest BCUT2D eigenvalue weighted by molar-refractivity contribution is 0.275. The van der Waals surface area contributed by atoms with Gasteiger partial charge in [-0.05, 0) is 25.1 Å². The molecule has 0 bridgehead atoms. The summed E-state index contributed by atoms with van der Waals surface area (Å²) in [7, 11) is -3.76. The number of aryl methyl sites for hydroxylation is 1. The maximum Gasteiger partial charge on any atom is 0.240 e. The number of aliphatic hydroxyl groups excluding tert-OH is 1. The molecule has 0 saturated heterocycles. The van der Waals surface area contributed by atoms with Gasteiger partial charge in [-0.15, -0.1) is 11.3 Å². The van der Waals surface area contributed by atoms with Gasteiger partial charge < -0.3 is 5.11 Å². The second-order valence-corrected chi connectivity index (χ2v) is 6.83. The van der Waals surface area contributed by atoms with Gasteiger partial charge in [0.25, 0.3) is 0 Å². The van der Waals surface area contributed by atoms with Crippen molar-refractivity contribution in [3.63, 3.8) is 0 Å². The van der Waals surface area contributed by atoms with Gasteiger partial charge in [-0.2, -0.15) is 0 Å². The van der Waals surface area contributed by atoms with E-state index in [0.717, 1.165) is 23.9 Å². The molecule has 0 unspecified atom stereocenters. The van der Waals surface area contributed by atoms with Gasteiger partial charge in [-0.1, -0.05) is 0 Å². The van der Waals surface area contributed by atoms with Crippen molar-refractivity contribution in [2.45, 2.75) is 25.0 Å². The van der Waals surface area contributed by atoms with Crippen LogP contribution in [0.15, 0.2) is 28.5 Å². The monoisotopic (exact) mass is 316 g/mol. The molecule has 0 atom stereocenters. The summed E-state index contributed by atoms with van der Waals surface area (Å²) in [4.78, 5) is 4.06. The van der Waals surface area contributed by atoms with E-state index < -0.39 is 22.4 Å². The number of hydrogen-bond acceptors (Lipinski definition) is 5. The van der Waals surface area contributed by atoms with Crippen LogP contribution in [0.5, 0.6) is 0 Å². The number of thiazole rings is 1. The minimum atomic E-state index is -3.76. The van der Waals surface area contributed by atoms with Gasteiger partial charge in [0, 0.05) is 16.6 Å². The number of nitrogens with zero attached hydrogens (tertiary/aromatic N) is 1. The van der Waals surface area contributed by atoms with E-state index in [1.807, 2.05) is 12.3 Å². The predicted octanol–water partition coefficient (Wildman–Crippen LogP) is 1.56. The minimum absolute atomic E-state index is 0.0574. The Morgan fingerprint density at radius 2 is 2.20 bits per heavy atom. The summed E-state index contributed by atoms with van der Waals surface area (Å²) in [6, 6.07) is 3.29. The number of hydrogen-bond donors (Lipinski definition) is 2. The van der Waals surface area contributed by atoms with Crippen molar-refractivity contribution in [1.29, 1.82) is 0 Å². The van der Waals surface area contributed by atoms with Crippen LogP contribution < -0.4 is 4.72 Å². The first-order valence-electron chi connectivity index (χ1n) is 5.72. The molecule has 8 heteroatoms. The van der Waals surface area contributed by atoms with E-state index in [4.69, 9.17) is 5.11 Å². The molecule has 1 aromatic heterocycles. The summed E-state index contributed by atoms with van der Waals surface area (Å²) in [5.74, 6) is -0.637. The molecule has 1 heterocycles. The highest BCUT2D eigenvalue weighted by molar-refractivity contribution is 7.89. The molecule has 0 aliphatic rings. The normalized spacial score (nSPS) is 11.8. The Hall–Kier alpha value is -1.35. The first-order valence-corrected chi connectivity index (χ1v) is 8.08. The second kappa shape index (κ2) is 5.96. The third-order valence-electron chi connectivity index (χ3n) is 2.58. The quantitative estimate of drug-likeness (QED) is 0.877. The van der Waals surface area contributed by atoms with Gasteiger partial charge in [0.05, 0.1) is 18.0 Å². The van der Waals surface area contributed by atoms with E-state index in [1.165, 1.54) is 11.3 Å². The summed E-state index contributed by atoms with van der Waals surface area (Å²) in [6.07, 6.45) is 0. The summed E-state index contributed by atoms with van der Waals surface area (Å²) in [5.41, 5.74) is 0.770. The molecule has 5 nitrogen and oxygen atoms in total. The van der Waals surface area contributed by atoms with Crippen LogP contribution in [0.2, 0.25) is 0 Å². The van der Waals surface area contributed by atoms with Crippen LogP contribution in [0, 0.1) is 12.7 Å². The fourth-order valence-corrected chi connectivity index (χ4v) is 3.40. The second-order valence-electron chi connectivity index (χ2n) is 4.12. The number of rotatable bonds is 5. The number of aliphatic hydroxyl groups is 1. The Bertz CT molecular complexity index is 713. The van der Waals surface area contributed by atoms with Crippen molar-refractivity contribution in [1.82, 2.24) is 9.71 Å². The number of sulfonamides is 1. The van der Waals surface area contributed by atoms with Crippen LogP contribution in [0.25, 0.3) is 0 Å². The molecule has 0 aliphatic heterocycles. The molecular weight excluding hydrogens is 303 g/mol. The first kappa shape index (κ1) is 15.0. The smallest absolute Gasteiger partial charge is 0.240 e. The highest BCUT2D eigenvalue weighted by atomic mass is 32.2. The highest BCUT2D eigenvalue weighted by Crippen LogP contribution is 2.16. The van der Waals surface area contributed by atoms with Crippen molar-refractivity contribution >= 4 is 21.4 Å². The molecule has 0 amide bonds. The summed E-state index contributed by atoms with van der Waals surface area (Å²) in [5, 5.41) is 11.4. The molecule has 108 valence electrons. The predicted molar refractivity (Wildman–Crippen MR) is 73.2 cm³/mol. The number of halogens is 1. The first-order chi connectivity index (χ1) is 9.42. The summed E-state index contributed by atoms with van der Waals surface area (Å²) in [6.45, 7) is 1.34. The summed E-state index contributed by atoms with van der Waals surface area (Å²) >= 11 is 1.36. The van der Waals surface area contributed by atoms with Crippen LogP contribution in [0.4, 0.5) is 4.39 Å². The van der Waals surface area contributed by atoms with Crippen LogP contribution in [-0.4, -0.2) is 18.5 Å². The van der Waals surface area contributed by atoms with Gasteiger partial charge >= 0.3 is 0 Å². The van der Waals surface area contributed by atoms with E-state index >= 15 is 0 Å². The Morgan fingerprint density at radius 1 is 1.45 bits per heavy atom. The van der Waals surface area contributed by atoms with E-state index in [1.54, 1.807) is 0 Å². The van der Waals surface area contributed by atoms with Gasteiger partial charge in [-0.3, -0.25) is 0 Å². The minimum Gasteiger partial charge on any atom is -0.392 e. The molecule has 0 radical (unpaired) electrons. The lowest BCUT2D eigenvalue weighted by atomic mass is 10.2. The van der Waals surface area contributed by atoms with E-state index in [-0.39, 0.29) is 17.0 Å². The Balaban J connectivity index is 2.17. The number of nitrogens with one attached hydrogen (secondary N) is 1. The number of aromatic nitrogens is 1. The third kappa shape index (κ3) is 3.40. The van der Waals surface area contributed by atoms with Crippen molar-refractivity contribution in [2.24, 2.45) is 0 Å². The van der Waals surface area contributed by atoms with E-state index in [2.05, 4.69) is 9.71 Å². The largest absolute Gasteiger partial charge is 0.392 e. The standard InChI is InChI=1S/C12H13FN2O3S2/c1-8-7-19-12(15-8)5-14-20(17,18)10-2-3-11(13)9(4-10)6-16/h2-4,7,14,16H,5-6H2,1H3. The van der Waals surface area contributed by atoms with Crippen molar-refractivity contribution in [3.8, 4) is 0 Å². The lowest BCUT2D eigenvalue weighted by Crippen LogP contribution is -2.23. The fraction of sp³-hybridized carbons (Fsp3) is 0.250. The Kier molecular flexibility index (Phi) is 4.48. The molecule has 2 aromatic rings. The molecule has 2 N–H and O–H groups in total. The maximum atomic E-state index is 13.2. The zero-order valence-corrected chi connectivity index (χ0v) is 12.3. The lowest BCUT2D eigenvalue weighted by Gasteiger charge is -2.07. The van der Waals surface area contributed by atoms with E-state index in [0.29, 0.717) is 5.01 Å².